The van der Waals surface area contributed by atoms with Gasteiger partial charge >= 0.3 is 5.97 Å². The molecule has 0 atom stereocenters. The summed E-state index contributed by atoms with van der Waals surface area (Å²) in [4.78, 5) is 22.6. The average molecular weight is 243 g/mol. The van der Waals surface area contributed by atoms with Crippen LogP contribution in [0.15, 0.2) is 0 Å². The summed E-state index contributed by atoms with van der Waals surface area (Å²) in [5, 5.41) is 11.8. The number of carboxylic acid groups (broad SMARTS) is 1. The Kier molecular flexibility index (Phi) is 3.42. The summed E-state index contributed by atoms with van der Waals surface area (Å²) in [6, 6.07) is 0. The van der Waals surface area contributed by atoms with E-state index in [4.69, 9.17) is 5.11 Å². The molecule has 0 aromatic carbocycles. The highest BCUT2D eigenvalue weighted by atomic mass is 32.2. The molecule has 0 radical (unpaired) electrons. The molecule has 2 N–H and O–H groups in total. The van der Waals surface area contributed by atoms with Crippen LogP contribution < -0.4 is 5.32 Å². The number of carbonyl (C=O) groups excluding carboxylic acids is 1. The van der Waals surface area contributed by atoms with Crippen LogP contribution in [-0.2, 0) is 9.59 Å². The Labute approximate surface area is 99.2 Å². The number of carbonyl (C=O) groups is 2. The monoisotopic (exact) mass is 243 g/mol. The van der Waals surface area contributed by atoms with Crippen molar-refractivity contribution >= 4 is 23.6 Å². The molecule has 90 valence electrons. The summed E-state index contributed by atoms with van der Waals surface area (Å²) in [6.07, 6.45) is 3.25. The largest absolute Gasteiger partial charge is 0.480 e. The lowest BCUT2D eigenvalue weighted by molar-refractivity contribution is -0.149. The standard InChI is InChI=1S/C11H17NO3S/c13-9(11(3-4-11)10(14)15)12-7-8-1-5-16-6-2-8/h8H,1-7H2,(H,12,13)(H,14,15). The van der Waals surface area contributed by atoms with E-state index in [0.29, 0.717) is 25.3 Å². The molecule has 1 aliphatic heterocycles. The lowest BCUT2D eigenvalue weighted by atomic mass is 10.0. The van der Waals surface area contributed by atoms with E-state index in [1.54, 1.807) is 0 Å². The van der Waals surface area contributed by atoms with Crippen molar-refractivity contribution in [2.45, 2.75) is 25.7 Å². The quantitative estimate of drug-likeness (QED) is 0.726. The van der Waals surface area contributed by atoms with Gasteiger partial charge in [0.05, 0.1) is 0 Å². The van der Waals surface area contributed by atoms with E-state index in [2.05, 4.69) is 5.32 Å². The molecule has 16 heavy (non-hydrogen) atoms. The Morgan fingerprint density at radius 1 is 1.31 bits per heavy atom. The number of hydrogen-bond donors (Lipinski definition) is 2. The highest BCUT2D eigenvalue weighted by molar-refractivity contribution is 7.99. The third kappa shape index (κ3) is 2.34. The van der Waals surface area contributed by atoms with E-state index in [0.717, 1.165) is 24.3 Å². The predicted octanol–water partition coefficient (Wildman–Crippen LogP) is 1.11. The van der Waals surface area contributed by atoms with Gasteiger partial charge in [-0.2, -0.15) is 11.8 Å². The highest BCUT2D eigenvalue weighted by Gasteiger charge is 2.56. The van der Waals surface area contributed by atoms with E-state index in [1.807, 2.05) is 11.8 Å². The smallest absolute Gasteiger partial charge is 0.319 e. The molecule has 0 aromatic rings. The van der Waals surface area contributed by atoms with Gasteiger partial charge in [0.25, 0.3) is 0 Å². The third-order valence-electron chi connectivity index (χ3n) is 3.49. The Balaban J connectivity index is 1.77. The molecule has 0 spiro atoms. The van der Waals surface area contributed by atoms with Crippen molar-refractivity contribution in [2.24, 2.45) is 11.3 Å². The van der Waals surface area contributed by atoms with Gasteiger partial charge in [0.2, 0.25) is 5.91 Å². The summed E-state index contributed by atoms with van der Waals surface area (Å²) >= 11 is 1.95. The molecule has 1 amide bonds. The lowest BCUT2D eigenvalue weighted by Crippen LogP contribution is -2.39. The van der Waals surface area contributed by atoms with Crippen molar-refractivity contribution in [1.29, 1.82) is 0 Å². The van der Waals surface area contributed by atoms with Crippen molar-refractivity contribution < 1.29 is 14.7 Å². The SMILES string of the molecule is O=C(O)C1(C(=O)NCC2CCSCC2)CC1. The number of thioether (sulfide) groups is 1. The fourth-order valence-corrected chi connectivity index (χ4v) is 3.22. The Morgan fingerprint density at radius 3 is 2.44 bits per heavy atom. The number of aliphatic carboxylic acids is 1. The molecule has 1 aliphatic carbocycles. The first kappa shape index (κ1) is 11.8. The summed E-state index contributed by atoms with van der Waals surface area (Å²) in [7, 11) is 0. The van der Waals surface area contributed by atoms with Crippen LogP contribution in [0.2, 0.25) is 0 Å². The molecule has 1 saturated carbocycles. The third-order valence-corrected chi connectivity index (χ3v) is 4.53. The van der Waals surface area contributed by atoms with Gasteiger partial charge in [-0.05, 0) is 43.1 Å². The van der Waals surface area contributed by atoms with Gasteiger partial charge in [0, 0.05) is 6.54 Å². The van der Waals surface area contributed by atoms with E-state index >= 15 is 0 Å². The number of rotatable bonds is 4. The van der Waals surface area contributed by atoms with E-state index in [-0.39, 0.29) is 5.91 Å². The van der Waals surface area contributed by atoms with Crippen molar-refractivity contribution in [3.63, 3.8) is 0 Å². The van der Waals surface area contributed by atoms with Gasteiger partial charge in [0.1, 0.15) is 5.41 Å². The molecular formula is C11H17NO3S. The van der Waals surface area contributed by atoms with Crippen LogP contribution in [0.25, 0.3) is 0 Å². The maximum Gasteiger partial charge on any atom is 0.319 e. The number of hydrogen-bond acceptors (Lipinski definition) is 3. The van der Waals surface area contributed by atoms with Crippen molar-refractivity contribution in [2.75, 3.05) is 18.1 Å². The second-order valence-corrected chi connectivity index (χ2v) is 5.88. The summed E-state index contributed by atoms with van der Waals surface area (Å²) in [5.74, 6) is 1.60. The summed E-state index contributed by atoms with van der Waals surface area (Å²) in [6.45, 7) is 0.647. The first-order chi connectivity index (χ1) is 7.65. The van der Waals surface area contributed by atoms with Crippen molar-refractivity contribution in [3.8, 4) is 0 Å². The van der Waals surface area contributed by atoms with Crippen LogP contribution in [0, 0.1) is 11.3 Å². The van der Waals surface area contributed by atoms with Crippen LogP contribution in [0.4, 0.5) is 0 Å². The zero-order valence-electron chi connectivity index (χ0n) is 9.20. The fraction of sp³-hybridized carbons (Fsp3) is 0.818. The first-order valence-electron chi connectivity index (χ1n) is 5.74. The molecule has 1 heterocycles. The molecule has 2 aliphatic rings. The van der Waals surface area contributed by atoms with Crippen LogP contribution in [0.1, 0.15) is 25.7 Å². The summed E-state index contributed by atoms with van der Waals surface area (Å²) < 4.78 is 0. The molecule has 2 rings (SSSR count). The normalized spacial score (nSPS) is 23.8. The van der Waals surface area contributed by atoms with Gasteiger partial charge < -0.3 is 10.4 Å². The van der Waals surface area contributed by atoms with Crippen LogP contribution >= 0.6 is 11.8 Å². The topological polar surface area (TPSA) is 66.4 Å². The van der Waals surface area contributed by atoms with Gasteiger partial charge in [-0.25, -0.2) is 0 Å². The molecule has 5 heteroatoms. The molecule has 0 bridgehead atoms. The second kappa shape index (κ2) is 4.65. The van der Waals surface area contributed by atoms with E-state index in [9.17, 15) is 9.59 Å². The van der Waals surface area contributed by atoms with E-state index < -0.39 is 11.4 Å². The molecule has 0 aromatic heterocycles. The van der Waals surface area contributed by atoms with Crippen LogP contribution in [-0.4, -0.2) is 35.0 Å². The van der Waals surface area contributed by atoms with Crippen LogP contribution in [0.5, 0.6) is 0 Å². The maximum atomic E-state index is 11.7. The molecule has 1 saturated heterocycles. The Hall–Kier alpha value is -0.710. The van der Waals surface area contributed by atoms with E-state index in [1.165, 1.54) is 0 Å². The predicted molar refractivity (Wildman–Crippen MR) is 62.4 cm³/mol. The minimum absolute atomic E-state index is 0.279. The first-order valence-corrected chi connectivity index (χ1v) is 6.90. The Morgan fingerprint density at radius 2 is 1.94 bits per heavy atom. The minimum Gasteiger partial charge on any atom is -0.480 e. The van der Waals surface area contributed by atoms with Gasteiger partial charge in [0.15, 0.2) is 0 Å². The highest BCUT2D eigenvalue weighted by Crippen LogP contribution is 2.46. The number of amides is 1. The Bertz CT molecular complexity index is 296. The maximum absolute atomic E-state index is 11.7. The van der Waals surface area contributed by atoms with Gasteiger partial charge in [-0.3, -0.25) is 9.59 Å². The second-order valence-electron chi connectivity index (χ2n) is 4.65. The average Bonchev–Trinajstić information content (AvgIpc) is 3.08. The van der Waals surface area contributed by atoms with Gasteiger partial charge in [-0.1, -0.05) is 0 Å². The lowest BCUT2D eigenvalue weighted by Gasteiger charge is -2.22. The minimum atomic E-state index is -1.08. The molecule has 0 unspecified atom stereocenters. The number of carboxylic acids is 1. The molecule has 2 fully saturated rings. The molecular weight excluding hydrogens is 226 g/mol. The van der Waals surface area contributed by atoms with Crippen molar-refractivity contribution in [3.05, 3.63) is 0 Å². The zero-order valence-corrected chi connectivity index (χ0v) is 10.0. The zero-order chi connectivity index (χ0) is 11.6. The van der Waals surface area contributed by atoms with Crippen LogP contribution in [0.3, 0.4) is 0 Å². The molecule has 4 nitrogen and oxygen atoms in total. The summed E-state index contributed by atoms with van der Waals surface area (Å²) in [5.41, 5.74) is -1.08. The van der Waals surface area contributed by atoms with Crippen molar-refractivity contribution in [1.82, 2.24) is 5.32 Å². The van der Waals surface area contributed by atoms with Gasteiger partial charge in [-0.15, -0.1) is 0 Å². The fourth-order valence-electron chi connectivity index (χ4n) is 2.02. The number of nitrogens with one attached hydrogen (secondary N) is 1.